The van der Waals surface area contributed by atoms with Crippen molar-refractivity contribution in [1.82, 2.24) is 5.32 Å². The number of rotatable bonds is 16. The normalized spacial score (nSPS) is 30.9. The van der Waals surface area contributed by atoms with E-state index in [-0.39, 0.29) is 29.3 Å². The van der Waals surface area contributed by atoms with Gasteiger partial charge in [0.25, 0.3) is 0 Å². The van der Waals surface area contributed by atoms with Crippen molar-refractivity contribution in [1.29, 1.82) is 0 Å². The van der Waals surface area contributed by atoms with E-state index >= 15 is 0 Å². The number of carbonyl (C=O) groups excluding carboxylic acids is 2. The molecule has 5 nitrogen and oxygen atoms in total. The lowest BCUT2D eigenvalue weighted by Gasteiger charge is -2.58. The Bertz CT molecular complexity index is 1450. The van der Waals surface area contributed by atoms with Crippen molar-refractivity contribution in [2.45, 2.75) is 157 Å². The summed E-state index contributed by atoms with van der Waals surface area (Å²) < 4.78 is 9.39. The van der Waals surface area contributed by atoms with E-state index in [2.05, 4.69) is 127 Å². The first-order chi connectivity index (χ1) is 24.7. The second-order valence-corrected chi connectivity index (χ2v) is 21.5. The molecule has 52 heavy (non-hydrogen) atoms. The molecule has 1 aromatic carbocycles. The molecule has 4 aliphatic carbocycles. The molecule has 4 aliphatic rings. The van der Waals surface area contributed by atoms with Gasteiger partial charge in [0, 0.05) is 36.0 Å². The van der Waals surface area contributed by atoms with Crippen molar-refractivity contribution < 1.29 is 14.3 Å². The van der Waals surface area contributed by atoms with Crippen molar-refractivity contribution in [3.8, 4) is 0 Å². The van der Waals surface area contributed by atoms with Gasteiger partial charge in [-0.25, -0.2) is 0 Å². The van der Waals surface area contributed by atoms with E-state index in [9.17, 15) is 9.59 Å². The third-order valence-electron chi connectivity index (χ3n) is 14.5. The average Bonchev–Trinajstić information content (AvgIpc) is 3.46. The number of amides is 1. The maximum atomic E-state index is 13.0. The Hall–Kier alpha value is -0.110. The Morgan fingerprint density at radius 3 is 2.46 bits per heavy atom. The molecule has 0 spiro atoms. The number of benzene rings is 1. The Kier molecular flexibility index (Phi) is 15.6. The fraction of sp³-hybridized carbons (Fsp3) is 0.773. The van der Waals surface area contributed by atoms with E-state index < -0.39 is 0 Å². The third kappa shape index (κ3) is 9.70. The number of hydrogen-bond donors (Lipinski definition) is 2. The van der Waals surface area contributed by atoms with E-state index in [0.29, 0.717) is 24.8 Å². The summed E-state index contributed by atoms with van der Waals surface area (Å²) in [6, 6.07) is 2.10. The molecule has 0 saturated heterocycles. The second-order valence-electron chi connectivity index (χ2n) is 18.1. The summed E-state index contributed by atoms with van der Waals surface area (Å²) >= 11 is 6.94. The minimum atomic E-state index is -0.0783. The number of nitrogens with two attached hydrogens (primary N) is 1. The SMILES string of the molecule is CCC(Cc1c(I)cc(I)c(N)c1I)C(=O)NCCCCCC(=O)O[C@H]1CC[C@@]2(C)C(=CC[C@H]3[C@@H]4CC[C@H]([C@H](C)CCCC(C)C)[C@@]4(C)CC[C@@H]32)C1. The van der Waals surface area contributed by atoms with Crippen LogP contribution in [0, 0.1) is 63.0 Å². The van der Waals surface area contributed by atoms with E-state index in [4.69, 9.17) is 10.5 Å². The molecule has 1 unspecified atom stereocenters. The van der Waals surface area contributed by atoms with Crippen molar-refractivity contribution in [3.05, 3.63) is 34.0 Å². The maximum Gasteiger partial charge on any atom is 0.306 e. The van der Waals surface area contributed by atoms with Gasteiger partial charge in [0.2, 0.25) is 5.91 Å². The lowest BCUT2D eigenvalue weighted by atomic mass is 9.47. The zero-order valence-corrected chi connectivity index (χ0v) is 39.4. The van der Waals surface area contributed by atoms with Crippen LogP contribution in [0.3, 0.4) is 0 Å². The maximum absolute atomic E-state index is 13.0. The molecular weight excluding hydrogens is 985 g/mol. The van der Waals surface area contributed by atoms with Gasteiger partial charge in [-0.05, 0) is 196 Å². The number of carbonyl (C=O) groups is 2. The fourth-order valence-corrected chi connectivity index (χ4v) is 15.2. The van der Waals surface area contributed by atoms with Gasteiger partial charge in [-0.15, -0.1) is 0 Å². The molecule has 8 heteroatoms. The zero-order chi connectivity index (χ0) is 37.8. The summed E-state index contributed by atoms with van der Waals surface area (Å²) in [7, 11) is 0. The Labute approximate surface area is 357 Å². The molecule has 0 heterocycles. The number of hydrogen-bond acceptors (Lipinski definition) is 4. The molecule has 3 N–H and O–H groups in total. The molecular formula is C44H67I3N2O3. The number of halogens is 3. The molecule has 1 aromatic rings. The van der Waals surface area contributed by atoms with Crippen molar-refractivity contribution in [2.24, 2.45) is 52.3 Å². The minimum Gasteiger partial charge on any atom is -0.462 e. The van der Waals surface area contributed by atoms with E-state index in [1.54, 1.807) is 5.57 Å². The number of fused-ring (bicyclic) bond motifs is 5. The lowest BCUT2D eigenvalue weighted by molar-refractivity contribution is -0.151. The molecule has 0 bridgehead atoms. The van der Waals surface area contributed by atoms with E-state index in [1.807, 2.05) is 0 Å². The zero-order valence-electron chi connectivity index (χ0n) is 32.9. The molecule has 0 aromatic heterocycles. The highest BCUT2D eigenvalue weighted by Crippen LogP contribution is 2.67. The Morgan fingerprint density at radius 2 is 1.73 bits per heavy atom. The monoisotopic (exact) mass is 1050 g/mol. The van der Waals surface area contributed by atoms with Crippen LogP contribution in [-0.4, -0.2) is 24.5 Å². The van der Waals surface area contributed by atoms with Gasteiger partial charge in [0.15, 0.2) is 0 Å². The predicted octanol–water partition coefficient (Wildman–Crippen LogP) is 12.3. The van der Waals surface area contributed by atoms with Gasteiger partial charge in [0.1, 0.15) is 6.10 Å². The third-order valence-corrected chi connectivity index (χ3v) is 17.6. The summed E-state index contributed by atoms with van der Waals surface area (Å²) in [5, 5.41) is 3.16. The molecule has 0 aliphatic heterocycles. The minimum absolute atomic E-state index is 0.0274. The highest BCUT2D eigenvalue weighted by molar-refractivity contribution is 14.1. The van der Waals surface area contributed by atoms with Crippen LogP contribution in [0.25, 0.3) is 0 Å². The van der Waals surface area contributed by atoms with Crippen LogP contribution in [0.5, 0.6) is 0 Å². The largest absolute Gasteiger partial charge is 0.462 e. The molecule has 5 rings (SSSR count). The van der Waals surface area contributed by atoms with Crippen molar-refractivity contribution in [3.63, 3.8) is 0 Å². The van der Waals surface area contributed by atoms with Gasteiger partial charge in [0.05, 0.1) is 5.69 Å². The number of unbranched alkanes of at least 4 members (excludes halogenated alkanes) is 2. The molecule has 3 fully saturated rings. The van der Waals surface area contributed by atoms with Gasteiger partial charge in [-0.1, -0.05) is 78.9 Å². The average molecular weight is 1050 g/mol. The van der Waals surface area contributed by atoms with E-state index in [0.717, 1.165) is 96.9 Å². The number of allylic oxidation sites excluding steroid dienone is 1. The smallest absolute Gasteiger partial charge is 0.306 e. The lowest BCUT2D eigenvalue weighted by Crippen LogP contribution is -2.51. The number of ether oxygens (including phenoxy) is 1. The first-order valence-corrected chi connectivity index (χ1v) is 24.0. The summed E-state index contributed by atoms with van der Waals surface area (Å²) in [6.45, 7) is 15.3. The molecule has 9 atom stereocenters. The Balaban J connectivity index is 1.03. The van der Waals surface area contributed by atoms with Gasteiger partial charge >= 0.3 is 5.97 Å². The Morgan fingerprint density at radius 1 is 0.962 bits per heavy atom. The van der Waals surface area contributed by atoms with Crippen molar-refractivity contribution in [2.75, 3.05) is 12.3 Å². The topological polar surface area (TPSA) is 81.4 Å². The summed E-state index contributed by atoms with van der Waals surface area (Å²) in [4.78, 5) is 26.0. The number of esters is 1. The van der Waals surface area contributed by atoms with Crippen LogP contribution < -0.4 is 11.1 Å². The molecule has 0 radical (unpaired) electrons. The summed E-state index contributed by atoms with van der Waals surface area (Å²) in [5.41, 5.74) is 10.6. The molecule has 292 valence electrons. The predicted molar refractivity (Wildman–Crippen MR) is 241 cm³/mol. The van der Waals surface area contributed by atoms with E-state index in [1.165, 1.54) is 56.9 Å². The van der Waals surface area contributed by atoms with Crippen LogP contribution in [-0.2, 0) is 20.7 Å². The van der Waals surface area contributed by atoms with Crippen LogP contribution >= 0.6 is 67.8 Å². The van der Waals surface area contributed by atoms with Crippen LogP contribution in [0.4, 0.5) is 5.69 Å². The molecule has 1 amide bonds. The fourth-order valence-electron chi connectivity index (χ4n) is 11.4. The number of anilines is 1. The van der Waals surface area contributed by atoms with Gasteiger partial charge in [-0.3, -0.25) is 9.59 Å². The number of nitrogens with one attached hydrogen (secondary N) is 1. The quantitative estimate of drug-likeness (QED) is 0.0568. The first kappa shape index (κ1) is 43.0. The first-order valence-electron chi connectivity index (χ1n) is 20.8. The standard InChI is InChI=1S/C44H67I3N2O3/c1-7-29(24-33-37(45)26-38(46)41(48)40(33)47)42(51)49-23-10-8-9-14-39(50)52-31-19-21-43(5)30(25-31)15-16-32-35-18-17-34(28(4)13-11-12-27(2)3)44(35,6)22-20-36(32)43/h15,26-29,31-32,34-36H,7-14,16-25,48H2,1-6H3,(H,49,51)/t28-,29?,31+,32+,34-,35+,36+,43+,44-/m1/s1. The van der Waals surface area contributed by atoms with Gasteiger partial charge < -0.3 is 15.8 Å². The number of nitrogen functional groups attached to an aromatic ring is 1. The van der Waals surface area contributed by atoms with Gasteiger partial charge in [-0.2, -0.15) is 0 Å². The second kappa shape index (κ2) is 18.9. The highest BCUT2D eigenvalue weighted by Gasteiger charge is 2.59. The van der Waals surface area contributed by atoms with Crippen LogP contribution in [0.15, 0.2) is 17.7 Å². The summed E-state index contributed by atoms with van der Waals surface area (Å²) in [6.07, 6.45) is 21.3. The van der Waals surface area contributed by atoms with Crippen molar-refractivity contribution >= 4 is 85.3 Å². The van der Waals surface area contributed by atoms with Crippen LogP contribution in [0.2, 0.25) is 0 Å². The highest BCUT2D eigenvalue weighted by atomic mass is 127. The molecule has 3 saturated carbocycles. The van der Waals surface area contributed by atoms with Crippen LogP contribution in [0.1, 0.15) is 150 Å². The summed E-state index contributed by atoms with van der Waals surface area (Å²) in [5.74, 6) is 5.04.